The summed E-state index contributed by atoms with van der Waals surface area (Å²) in [6, 6.07) is 8.31. The molecular weight excluding hydrogens is 174 g/mol. The second kappa shape index (κ2) is 3.87. The van der Waals surface area contributed by atoms with E-state index >= 15 is 0 Å². The minimum Gasteiger partial charge on any atom is -0.228 e. The van der Waals surface area contributed by atoms with E-state index in [9.17, 15) is 0 Å². The molecule has 0 aliphatic heterocycles. The van der Waals surface area contributed by atoms with Gasteiger partial charge in [-0.25, -0.2) is 4.68 Å². The molecule has 0 amide bonds. The molecule has 0 atom stereocenters. The molecule has 0 aliphatic rings. The van der Waals surface area contributed by atoms with Crippen LogP contribution in [0.15, 0.2) is 36.7 Å². The van der Waals surface area contributed by atoms with Crippen molar-refractivity contribution in [3.8, 4) is 0 Å². The number of rotatable bonds is 2. The minimum atomic E-state index is 1.16. The Balaban J connectivity index is 2.15. The lowest BCUT2D eigenvalue weighted by molar-refractivity contribution is 0.842. The van der Waals surface area contributed by atoms with Gasteiger partial charge in [-0.15, -0.1) is 5.10 Å². The Bertz CT molecular complexity index is 412. The molecule has 1 aromatic carbocycles. The van der Waals surface area contributed by atoms with Gasteiger partial charge in [-0.1, -0.05) is 35.0 Å². The van der Waals surface area contributed by atoms with Crippen LogP contribution in [0.4, 0.5) is 0 Å². The van der Waals surface area contributed by atoms with Crippen LogP contribution >= 0.6 is 0 Å². The molecule has 0 saturated heterocycles. The largest absolute Gasteiger partial charge is 0.228 e. The minimum absolute atomic E-state index is 1.16. The van der Waals surface area contributed by atoms with Crippen molar-refractivity contribution in [2.24, 2.45) is 0 Å². The van der Waals surface area contributed by atoms with E-state index in [1.807, 2.05) is 12.3 Å². The van der Waals surface area contributed by atoms with Crippen LogP contribution in [-0.4, -0.2) is 15.0 Å². The Kier molecular flexibility index (Phi) is 2.40. The lowest BCUT2D eigenvalue weighted by atomic mass is 10.1. The van der Waals surface area contributed by atoms with Gasteiger partial charge in [-0.2, -0.15) is 0 Å². The molecule has 0 aliphatic carbocycles. The SMILES string of the molecule is Cc1ccc(C=Cn2ccnn2)cc1. The van der Waals surface area contributed by atoms with E-state index in [1.165, 1.54) is 5.56 Å². The van der Waals surface area contributed by atoms with E-state index in [-0.39, 0.29) is 0 Å². The summed E-state index contributed by atoms with van der Waals surface area (Å²) in [7, 11) is 0. The van der Waals surface area contributed by atoms with E-state index in [4.69, 9.17) is 0 Å². The van der Waals surface area contributed by atoms with E-state index in [0.29, 0.717) is 0 Å². The monoisotopic (exact) mass is 185 g/mol. The molecule has 0 radical (unpaired) electrons. The van der Waals surface area contributed by atoms with Gasteiger partial charge in [-0.3, -0.25) is 0 Å². The Morgan fingerprint density at radius 3 is 2.64 bits per heavy atom. The average Bonchev–Trinajstić information content (AvgIpc) is 2.70. The fraction of sp³-hybridized carbons (Fsp3) is 0.0909. The number of aryl methyl sites for hydroxylation is 1. The Labute approximate surface area is 82.7 Å². The zero-order chi connectivity index (χ0) is 9.80. The van der Waals surface area contributed by atoms with Crippen molar-refractivity contribution in [2.45, 2.75) is 6.92 Å². The molecule has 2 rings (SSSR count). The van der Waals surface area contributed by atoms with Crippen molar-refractivity contribution < 1.29 is 0 Å². The number of benzene rings is 1. The molecule has 0 N–H and O–H groups in total. The topological polar surface area (TPSA) is 30.7 Å². The second-order valence-corrected chi connectivity index (χ2v) is 3.11. The lowest BCUT2D eigenvalue weighted by Gasteiger charge is -1.94. The molecule has 0 bridgehead atoms. The summed E-state index contributed by atoms with van der Waals surface area (Å²) in [4.78, 5) is 0. The van der Waals surface area contributed by atoms with E-state index in [1.54, 1.807) is 17.1 Å². The smallest absolute Gasteiger partial charge is 0.0697 e. The third-order valence-corrected chi connectivity index (χ3v) is 1.94. The lowest BCUT2D eigenvalue weighted by Crippen LogP contribution is -1.85. The number of aromatic nitrogens is 3. The highest BCUT2D eigenvalue weighted by molar-refractivity contribution is 5.59. The normalized spacial score (nSPS) is 10.9. The Morgan fingerprint density at radius 1 is 1.21 bits per heavy atom. The molecule has 1 heterocycles. The van der Waals surface area contributed by atoms with E-state index < -0.39 is 0 Å². The van der Waals surface area contributed by atoms with Gasteiger partial charge in [0.25, 0.3) is 0 Å². The van der Waals surface area contributed by atoms with Crippen LogP contribution in [0, 0.1) is 6.92 Å². The van der Waals surface area contributed by atoms with Gasteiger partial charge in [0.2, 0.25) is 0 Å². The molecule has 14 heavy (non-hydrogen) atoms. The summed E-state index contributed by atoms with van der Waals surface area (Å²) in [5.41, 5.74) is 2.43. The molecule has 0 saturated carbocycles. The van der Waals surface area contributed by atoms with Crippen LogP contribution in [-0.2, 0) is 0 Å². The first-order chi connectivity index (χ1) is 6.84. The van der Waals surface area contributed by atoms with Crippen molar-refractivity contribution in [3.63, 3.8) is 0 Å². The van der Waals surface area contributed by atoms with Crippen LogP contribution < -0.4 is 0 Å². The van der Waals surface area contributed by atoms with Crippen LogP contribution in [0.3, 0.4) is 0 Å². The second-order valence-electron chi connectivity index (χ2n) is 3.11. The zero-order valence-electron chi connectivity index (χ0n) is 7.96. The first-order valence-corrected chi connectivity index (χ1v) is 4.45. The average molecular weight is 185 g/mol. The number of hydrogen-bond acceptors (Lipinski definition) is 2. The maximum Gasteiger partial charge on any atom is 0.0697 e. The summed E-state index contributed by atoms with van der Waals surface area (Å²) >= 11 is 0. The first kappa shape index (κ1) is 8.69. The van der Waals surface area contributed by atoms with Gasteiger partial charge in [0.1, 0.15) is 0 Å². The van der Waals surface area contributed by atoms with E-state index in [2.05, 4.69) is 41.5 Å². The van der Waals surface area contributed by atoms with Crippen molar-refractivity contribution >= 4 is 12.3 Å². The summed E-state index contributed by atoms with van der Waals surface area (Å²) in [6.07, 6.45) is 7.32. The molecule has 3 heteroatoms. The Morgan fingerprint density at radius 2 is 2.00 bits per heavy atom. The van der Waals surface area contributed by atoms with E-state index in [0.717, 1.165) is 5.56 Å². The highest BCUT2D eigenvalue weighted by Crippen LogP contribution is 2.05. The number of hydrogen-bond donors (Lipinski definition) is 0. The predicted octanol–water partition coefficient (Wildman–Crippen LogP) is 2.21. The molecule has 0 spiro atoms. The molecule has 2 aromatic rings. The summed E-state index contributed by atoms with van der Waals surface area (Å²) in [5.74, 6) is 0. The quantitative estimate of drug-likeness (QED) is 0.718. The van der Waals surface area contributed by atoms with Crippen LogP contribution in [0.25, 0.3) is 12.3 Å². The third kappa shape index (κ3) is 2.07. The highest BCUT2D eigenvalue weighted by atomic mass is 15.4. The van der Waals surface area contributed by atoms with Gasteiger partial charge < -0.3 is 0 Å². The van der Waals surface area contributed by atoms with Gasteiger partial charge in [-0.05, 0) is 18.6 Å². The molecule has 0 fully saturated rings. The molecule has 3 nitrogen and oxygen atoms in total. The molecule has 70 valence electrons. The predicted molar refractivity (Wildman–Crippen MR) is 56.4 cm³/mol. The Hall–Kier alpha value is -1.90. The summed E-state index contributed by atoms with van der Waals surface area (Å²) in [5, 5.41) is 7.54. The number of nitrogens with zero attached hydrogens (tertiary/aromatic N) is 3. The van der Waals surface area contributed by atoms with Crippen molar-refractivity contribution in [2.75, 3.05) is 0 Å². The van der Waals surface area contributed by atoms with Crippen molar-refractivity contribution in [1.82, 2.24) is 15.0 Å². The van der Waals surface area contributed by atoms with Crippen LogP contribution in [0.5, 0.6) is 0 Å². The fourth-order valence-corrected chi connectivity index (χ4v) is 1.14. The van der Waals surface area contributed by atoms with Gasteiger partial charge in [0, 0.05) is 6.20 Å². The molecular formula is C11H11N3. The van der Waals surface area contributed by atoms with Gasteiger partial charge in [0.15, 0.2) is 0 Å². The van der Waals surface area contributed by atoms with Crippen molar-refractivity contribution in [3.05, 3.63) is 47.8 Å². The highest BCUT2D eigenvalue weighted by Gasteiger charge is 1.87. The maximum atomic E-state index is 3.83. The van der Waals surface area contributed by atoms with Gasteiger partial charge >= 0.3 is 0 Å². The summed E-state index contributed by atoms with van der Waals surface area (Å²) in [6.45, 7) is 2.07. The third-order valence-electron chi connectivity index (χ3n) is 1.94. The van der Waals surface area contributed by atoms with Crippen LogP contribution in [0.2, 0.25) is 0 Å². The first-order valence-electron chi connectivity index (χ1n) is 4.45. The zero-order valence-corrected chi connectivity index (χ0v) is 7.96. The van der Waals surface area contributed by atoms with Crippen LogP contribution in [0.1, 0.15) is 11.1 Å². The standard InChI is InChI=1S/C11H11N3/c1-10-2-4-11(5-3-10)6-8-14-9-7-12-13-14/h2-9H,1H3. The molecule has 0 unspecified atom stereocenters. The van der Waals surface area contributed by atoms with Crippen molar-refractivity contribution in [1.29, 1.82) is 0 Å². The maximum absolute atomic E-state index is 3.83. The molecule has 1 aromatic heterocycles. The fourth-order valence-electron chi connectivity index (χ4n) is 1.14. The summed E-state index contributed by atoms with van der Waals surface area (Å²) < 4.78 is 1.67. The van der Waals surface area contributed by atoms with Gasteiger partial charge in [0.05, 0.1) is 12.4 Å².